The Morgan fingerprint density at radius 1 is 1.00 bits per heavy atom. The summed E-state index contributed by atoms with van der Waals surface area (Å²) in [6, 6.07) is 21.8. The molecule has 0 aliphatic heterocycles. The summed E-state index contributed by atoms with van der Waals surface area (Å²) in [4.78, 5) is 13.6. The zero-order valence-electron chi connectivity index (χ0n) is 18.2. The van der Waals surface area contributed by atoms with E-state index in [0.717, 1.165) is 24.9 Å². The Balaban J connectivity index is 1.65. The van der Waals surface area contributed by atoms with Gasteiger partial charge < -0.3 is 5.32 Å². The fourth-order valence-corrected chi connectivity index (χ4v) is 6.30. The van der Waals surface area contributed by atoms with Crippen molar-refractivity contribution in [3.63, 3.8) is 0 Å². The van der Waals surface area contributed by atoms with Crippen molar-refractivity contribution in [1.29, 1.82) is 0 Å². The van der Waals surface area contributed by atoms with Crippen LogP contribution in [0.2, 0.25) is 0 Å². The standard InChI is InChI=1S/C25H23IN2O3S2/c1-3-14-28(33(30,31)22-11-4-17(2)5-12-22)21-10-13-23-18(15-21)16-24(32-23)25(29)27-20-8-6-19(26)7-9-20/h4-13,15-16H,3,14H2,1-2H3,(H,27,29). The molecule has 0 spiro atoms. The second-order valence-corrected chi connectivity index (χ2v) is 11.9. The number of anilines is 2. The summed E-state index contributed by atoms with van der Waals surface area (Å²) in [6.45, 7) is 4.25. The van der Waals surface area contributed by atoms with Gasteiger partial charge in [0.1, 0.15) is 0 Å². The van der Waals surface area contributed by atoms with Crippen LogP contribution >= 0.6 is 33.9 Å². The quantitative estimate of drug-likeness (QED) is 0.245. The molecule has 8 heteroatoms. The summed E-state index contributed by atoms with van der Waals surface area (Å²) < 4.78 is 30.2. The van der Waals surface area contributed by atoms with E-state index in [4.69, 9.17) is 0 Å². The molecule has 1 amide bonds. The van der Waals surface area contributed by atoms with Crippen LogP contribution in [0.1, 0.15) is 28.6 Å². The normalized spacial score (nSPS) is 11.5. The SMILES string of the molecule is CCCN(c1ccc2sc(C(=O)Nc3ccc(I)cc3)cc2c1)S(=O)(=O)c1ccc(C)cc1. The third-order valence-corrected chi connectivity index (χ3v) is 8.83. The molecule has 0 aliphatic rings. The predicted octanol–water partition coefficient (Wildman–Crippen LogP) is 6.67. The Kier molecular flexibility index (Phi) is 7.06. The van der Waals surface area contributed by atoms with E-state index in [9.17, 15) is 13.2 Å². The maximum absolute atomic E-state index is 13.4. The van der Waals surface area contributed by atoms with E-state index in [1.54, 1.807) is 30.3 Å². The lowest BCUT2D eigenvalue weighted by atomic mass is 10.2. The van der Waals surface area contributed by atoms with Crippen molar-refractivity contribution in [2.75, 3.05) is 16.2 Å². The molecule has 1 N–H and O–H groups in total. The van der Waals surface area contributed by atoms with Gasteiger partial charge in [-0.1, -0.05) is 24.6 Å². The monoisotopic (exact) mass is 590 g/mol. The van der Waals surface area contributed by atoms with E-state index in [1.165, 1.54) is 15.6 Å². The van der Waals surface area contributed by atoms with Crippen LogP contribution in [0.15, 0.2) is 77.7 Å². The zero-order chi connectivity index (χ0) is 23.6. The van der Waals surface area contributed by atoms with Crippen molar-refractivity contribution in [3.8, 4) is 0 Å². The molecule has 0 radical (unpaired) electrons. The van der Waals surface area contributed by atoms with Gasteiger partial charge in [-0.3, -0.25) is 9.10 Å². The number of carbonyl (C=O) groups is 1. The number of rotatable bonds is 7. The summed E-state index contributed by atoms with van der Waals surface area (Å²) >= 11 is 3.60. The smallest absolute Gasteiger partial charge is 0.265 e. The first-order valence-electron chi connectivity index (χ1n) is 10.5. The summed E-state index contributed by atoms with van der Waals surface area (Å²) in [7, 11) is -3.70. The first-order valence-corrected chi connectivity index (χ1v) is 13.8. The lowest BCUT2D eigenvalue weighted by Crippen LogP contribution is -2.31. The van der Waals surface area contributed by atoms with Gasteiger partial charge in [-0.15, -0.1) is 11.3 Å². The lowest BCUT2D eigenvalue weighted by Gasteiger charge is -2.24. The Labute approximate surface area is 211 Å². The number of hydrogen-bond donors (Lipinski definition) is 1. The van der Waals surface area contributed by atoms with Crippen LogP contribution in [0.4, 0.5) is 11.4 Å². The van der Waals surface area contributed by atoms with Gasteiger partial charge in [0.2, 0.25) is 0 Å². The number of hydrogen-bond acceptors (Lipinski definition) is 4. The summed E-state index contributed by atoms with van der Waals surface area (Å²) in [5.74, 6) is -0.184. The van der Waals surface area contributed by atoms with E-state index in [1.807, 2.05) is 56.3 Å². The van der Waals surface area contributed by atoms with Crippen molar-refractivity contribution in [2.45, 2.75) is 25.2 Å². The van der Waals surface area contributed by atoms with Crippen LogP contribution in [0.25, 0.3) is 10.1 Å². The minimum atomic E-state index is -3.70. The van der Waals surface area contributed by atoms with Crippen LogP contribution in [0, 0.1) is 10.5 Å². The number of carbonyl (C=O) groups excluding carboxylic acids is 1. The largest absolute Gasteiger partial charge is 0.321 e. The van der Waals surface area contributed by atoms with E-state index in [-0.39, 0.29) is 10.8 Å². The highest BCUT2D eigenvalue weighted by Crippen LogP contribution is 2.32. The molecule has 5 nitrogen and oxygen atoms in total. The molecule has 1 heterocycles. The van der Waals surface area contributed by atoms with Crippen molar-refractivity contribution in [2.24, 2.45) is 0 Å². The fraction of sp³-hybridized carbons (Fsp3) is 0.160. The van der Waals surface area contributed by atoms with Gasteiger partial charge in [0.25, 0.3) is 15.9 Å². The number of sulfonamides is 1. The predicted molar refractivity (Wildman–Crippen MR) is 145 cm³/mol. The third kappa shape index (κ3) is 5.23. The van der Waals surface area contributed by atoms with Gasteiger partial charge in [-0.25, -0.2) is 8.42 Å². The molecule has 0 aliphatic carbocycles. The molecule has 0 fully saturated rings. The molecule has 0 bridgehead atoms. The van der Waals surface area contributed by atoms with Gasteiger partial charge >= 0.3 is 0 Å². The van der Waals surface area contributed by atoms with Crippen LogP contribution in [-0.4, -0.2) is 20.9 Å². The van der Waals surface area contributed by atoms with Gasteiger partial charge in [0.05, 0.1) is 15.5 Å². The minimum absolute atomic E-state index is 0.184. The van der Waals surface area contributed by atoms with Crippen molar-refractivity contribution < 1.29 is 13.2 Å². The molecule has 0 saturated carbocycles. The number of fused-ring (bicyclic) bond motifs is 1. The first kappa shape index (κ1) is 23.7. The van der Waals surface area contributed by atoms with Crippen LogP contribution in [0.5, 0.6) is 0 Å². The second kappa shape index (κ2) is 9.82. The molecule has 0 saturated heterocycles. The van der Waals surface area contributed by atoms with Crippen molar-refractivity contribution >= 4 is 71.3 Å². The summed E-state index contributed by atoms with van der Waals surface area (Å²) in [5, 5.41) is 3.75. The Morgan fingerprint density at radius 2 is 1.70 bits per heavy atom. The number of thiophene rings is 1. The molecule has 3 aromatic carbocycles. The highest BCUT2D eigenvalue weighted by Gasteiger charge is 2.25. The molecule has 4 rings (SSSR count). The fourth-order valence-electron chi connectivity index (χ4n) is 3.45. The Bertz CT molecular complexity index is 1400. The molecule has 170 valence electrons. The molecule has 4 aromatic rings. The number of benzene rings is 3. The van der Waals surface area contributed by atoms with E-state index in [2.05, 4.69) is 27.9 Å². The van der Waals surface area contributed by atoms with E-state index >= 15 is 0 Å². The Morgan fingerprint density at radius 3 is 2.36 bits per heavy atom. The molecule has 0 atom stereocenters. The summed E-state index contributed by atoms with van der Waals surface area (Å²) in [6.07, 6.45) is 0.677. The zero-order valence-corrected chi connectivity index (χ0v) is 22.0. The topological polar surface area (TPSA) is 66.5 Å². The minimum Gasteiger partial charge on any atom is -0.321 e. The first-order chi connectivity index (χ1) is 15.8. The van der Waals surface area contributed by atoms with Crippen molar-refractivity contribution in [1.82, 2.24) is 0 Å². The third-order valence-electron chi connectivity index (χ3n) is 5.15. The Hall–Kier alpha value is -2.43. The molecular weight excluding hydrogens is 567 g/mol. The molecular formula is C25H23IN2O3S2. The van der Waals surface area contributed by atoms with Crippen LogP contribution < -0.4 is 9.62 Å². The molecule has 33 heavy (non-hydrogen) atoms. The van der Waals surface area contributed by atoms with Gasteiger partial charge in [-0.05, 0) is 102 Å². The summed E-state index contributed by atoms with van der Waals surface area (Å²) in [5.41, 5.74) is 2.33. The van der Waals surface area contributed by atoms with Gasteiger partial charge in [0, 0.05) is 20.5 Å². The van der Waals surface area contributed by atoms with Crippen molar-refractivity contribution in [3.05, 3.63) is 86.8 Å². The highest BCUT2D eigenvalue weighted by molar-refractivity contribution is 14.1. The van der Waals surface area contributed by atoms with Crippen LogP contribution in [0.3, 0.4) is 0 Å². The molecule has 1 aromatic heterocycles. The number of halogens is 1. The average Bonchev–Trinajstić information content (AvgIpc) is 3.23. The van der Waals surface area contributed by atoms with Crippen LogP contribution in [-0.2, 0) is 10.0 Å². The number of nitrogens with zero attached hydrogens (tertiary/aromatic N) is 1. The maximum atomic E-state index is 13.4. The number of aryl methyl sites for hydroxylation is 1. The maximum Gasteiger partial charge on any atom is 0.265 e. The number of nitrogens with one attached hydrogen (secondary N) is 1. The van der Waals surface area contributed by atoms with Gasteiger partial charge in [0.15, 0.2) is 0 Å². The molecule has 0 unspecified atom stereocenters. The number of amides is 1. The van der Waals surface area contributed by atoms with E-state index in [0.29, 0.717) is 23.5 Å². The highest BCUT2D eigenvalue weighted by atomic mass is 127. The van der Waals surface area contributed by atoms with Gasteiger partial charge in [-0.2, -0.15) is 0 Å². The lowest BCUT2D eigenvalue weighted by molar-refractivity contribution is 0.103. The average molecular weight is 591 g/mol. The second-order valence-electron chi connectivity index (χ2n) is 7.68. The van der Waals surface area contributed by atoms with E-state index < -0.39 is 10.0 Å².